The Balaban J connectivity index is 1.30. The summed E-state index contributed by atoms with van der Waals surface area (Å²) in [6.07, 6.45) is 1.42. The minimum absolute atomic E-state index is 0.00559. The number of para-hydroxylation sites is 1. The molecule has 0 radical (unpaired) electrons. The van der Waals surface area contributed by atoms with Crippen molar-refractivity contribution in [3.05, 3.63) is 102 Å². The Bertz CT molecular complexity index is 976. The van der Waals surface area contributed by atoms with Crippen molar-refractivity contribution in [1.29, 1.82) is 0 Å². The van der Waals surface area contributed by atoms with Crippen LogP contribution in [-0.4, -0.2) is 29.7 Å². The largest absolute Gasteiger partial charge is 0.489 e. The summed E-state index contributed by atoms with van der Waals surface area (Å²) in [6.45, 7) is 1.69. The molecule has 3 aromatic rings. The topological polar surface area (TPSA) is 46.6 Å². The lowest BCUT2D eigenvalue weighted by atomic mass is 9.88. The maximum Gasteiger partial charge on any atom is 0.253 e. The van der Waals surface area contributed by atoms with Gasteiger partial charge in [0.2, 0.25) is 0 Å². The average Bonchev–Trinajstić information content (AvgIpc) is 2.83. The van der Waals surface area contributed by atoms with Crippen molar-refractivity contribution in [3.8, 4) is 5.75 Å². The number of amides is 1. The van der Waals surface area contributed by atoms with Gasteiger partial charge in [-0.05, 0) is 42.7 Å². The van der Waals surface area contributed by atoms with Crippen molar-refractivity contribution in [2.75, 3.05) is 13.1 Å². The van der Waals surface area contributed by atoms with Crippen molar-refractivity contribution in [2.45, 2.75) is 19.4 Å². The first-order valence-corrected chi connectivity index (χ1v) is 10.4. The van der Waals surface area contributed by atoms with Crippen LogP contribution in [0.5, 0.6) is 5.75 Å². The highest BCUT2D eigenvalue weighted by Crippen LogP contribution is 2.23. The van der Waals surface area contributed by atoms with Crippen molar-refractivity contribution in [3.63, 3.8) is 0 Å². The normalized spacial score (nSPS) is 14.3. The molecule has 0 atom stereocenters. The molecule has 0 saturated carbocycles. The number of piperidine rings is 1. The SMILES string of the molecule is O=C(c1ccccc1)C1CCN(C(=O)c2ccc(COc3ccccc3)cc2)CC1. The highest BCUT2D eigenvalue weighted by Gasteiger charge is 2.28. The average molecular weight is 399 g/mol. The predicted molar refractivity (Wildman–Crippen MR) is 117 cm³/mol. The van der Waals surface area contributed by atoms with E-state index in [1.807, 2.05) is 89.8 Å². The molecule has 4 heteroatoms. The summed E-state index contributed by atoms with van der Waals surface area (Å²) in [5.41, 5.74) is 2.45. The first-order valence-electron chi connectivity index (χ1n) is 10.4. The number of likely N-dealkylation sites (tertiary alicyclic amines) is 1. The maximum atomic E-state index is 12.8. The van der Waals surface area contributed by atoms with Gasteiger partial charge in [-0.15, -0.1) is 0 Å². The van der Waals surface area contributed by atoms with E-state index in [2.05, 4.69) is 0 Å². The summed E-state index contributed by atoms with van der Waals surface area (Å²) in [6, 6.07) is 26.7. The Hall–Kier alpha value is -3.40. The number of Topliss-reactive ketones (excluding diaryl/α,β-unsaturated/α-hetero) is 1. The van der Waals surface area contributed by atoms with Crippen LogP contribution >= 0.6 is 0 Å². The molecule has 0 unspecified atom stereocenters. The van der Waals surface area contributed by atoms with Gasteiger partial charge >= 0.3 is 0 Å². The number of carbonyl (C=O) groups is 2. The molecule has 0 N–H and O–H groups in total. The van der Waals surface area contributed by atoms with Gasteiger partial charge in [0, 0.05) is 30.1 Å². The molecule has 152 valence electrons. The molecule has 3 aromatic carbocycles. The Morgan fingerprint density at radius 1 is 0.767 bits per heavy atom. The van der Waals surface area contributed by atoms with E-state index in [0.717, 1.165) is 16.9 Å². The molecule has 1 saturated heterocycles. The second kappa shape index (κ2) is 9.40. The minimum Gasteiger partial charge on any atom is -0.489 e. The lowest BCUT2D eigenvalue weighted by molar-refractivity contribution is 0.0650. The lowest BCUT2D eigenvalue weighted by Crippen LogP contribution is -2.40. The third-order valence-corrected chi connectivity index (χ3v) is 5.56. The zero-order valence-corrected chi connectivity index (χ0v) is 16.9. The van der Waals surface area contributed by atoms with Gasteiger partial charge in [-0.3, -0.25) is 9.59 Å². The fourth-order valence-electron chi connectivity index (χ4n) is 3.79. The number of carbonyl (C=O) groups excluding carboxylic acids is 2. The smallest absolute Gasteiger partial charge is 0.253 e. The second-order valence-corrected chi connectivity index (χ2v) is 7.60. The van der Waals surface area contributed by atoms with E-state index in [1.165, 1.54) is 0 Å². The molecule has 0 spiro atoms. The molecule has 1 amide bonds. The number of hydrogen-bond acceptors (Lipinski definition) is 3. The Kier molecular flexibility index (Phi) is 6.23. The van der Waals surface area contributed by atoms with Crippen LogP contribution in [0, 0.1) is 5.92 Å². The summed E-state index contributed by atoms with van der Waals surface area (Å²) in [7, 11) is 0. The van der Waals surface area contributed by atoms with Crippen LogP contribution in [0.1, 0.15) is 39.1 Å². The highest BCUT2D eigenvalue weighted by molar-refractivity contribution is 5.98. The van der Waals surface area contributed by atoms with Gasteiger partial charge < -0.3 is 9.64 Å². The molecule has 0 bridgehead atoms. The van der Waals surface area contributed by atoms with Gasteiger partial charge in [-0.1, -0.05) is 60.7 Å². The van der Waals surface area contributed by atoms with Crippen molar-refractivity contribution in [2.24, 2.45) is 5.92 Å². The third-order valence-electron chi connectivity index (χ3n) is 5.56. The molecular formula is C26H25NO3. The number of ketones is 1. The number of benzene rings is 3. The van der Waals surface area contributed by atoms with E-state index >= 15 is 0 Å². The first-order chi connectivity index (χ1) is 14.7. The Morgan fingerprint density at radius 3 is 2.00 bits per heavy atom. The van der Waals surface area contributed by atoms with Gasteiger partial charge in [0.25, 0.3) is 5.91 Å². The number of nitrogens with zero attached hydrogens (tertiary/aromatic N) is 1. The van der Waals surface area contributed by atoms with Crippen LogP contribution in [0.3, 0.4) is 0 Å². The van der Waals surface area contributed by atoms with E-state index < -0.39 is 0 Å². The summed E-state index contributed by atoms with van der Waals surface area (Å²) in [5.74, 6) is 1.03. The number of hydrogen-bond donors (Lipinski definition) is 0. The molecule has 4 rings (SSSR count). The van der Waals surface area contributed by atoms with Gasteiger partial charge in [-0.2, -0.15) is 0 Å². The summed E-state index contributed by atoms with van der Waals surface area (Å²) < 4.78 is 5.75. The van der Waals surface area contributed by atoms with Crippen molar-refractivity contribution >= 4 is 11.7 Å². The summed E-state index contributed by atoms with van der Waals surface area (Å²) in [5, 5.41) is 0. The second-order valence-electron chi connectivity index (χ2n) is 7.60. The predicted octanol–water partition coefficient (Wildman–Crippen LogP) is 5.00. The van der Waals surface area contributed by atoms with Crippen LogP contribution in [0.4, 0.5) is 0 Å². The quantitative estimate of drug-likeness (QED) is 0.548. The van der Waals surface area contributed by atoms with Crippen LogP contribution in [0.2, 0.25) is 0 Å². The van der Waals surface area contributed by atoms with E-state index in [4.69, 9.17) is 4.74 Å². The van der Waals surface area contributed by atoms with E-state index in [-0.39, 0.29) is 17.6 Å². The Morgan fingerprint density at radius 2 is 1.37 bits per heavy atom. The summed E-state index contributed by atoms with van der Waals surface area (Å²) >= 11 is 0. The van der Waals surface area contributed by atoms with Gasteiger partial charge in [0.1, 0.15) is 12.4 Å². The van der Waals surface area contributed by atoms with E-state index in [9.17, 15) is 9.59 Å². The summed E-state index contributed by atoms with van der Waals surface area (Å²) in [4.78, 5) is 27.3. The zero-order chi connectivity index (χ0) is 20.8. The number of rotatable bonds is 6. The van der Waals surface area contributed by atoms with Gasteiger partial charge in [-0.25, -0.2) is 0 Å². The van der Waals surface area contributed by atoms with Crippen molar-refractivity contribution < 1.29 is 14.3 Å². The first kappa shape index (κ1) is 19.9. The molecule has 1 heterocycles. The molecule has 1 fully saturated rings. The van der Waals surface area contributed by atoms with Crippen molar-refractivity contribution in [1.82, 2.24) is 4.90 Å². The Labute approximate surface area is 177 Å². The van der Waals surface area contributed by atoms with Crippen LogP contribution in [0.15, 0.2) is 84.9 Å². The molecule has 1 aliphatic rings. The van der Waals surface area contributed by atoms with E-state index in [1.54, 1.807) is 0 Å². The number of ether oxygens (including phenoxy) is 1. The molecule has 0 aliphatic carbocycles. The third kappa shape index (κ3) is 4.77. The monoisotopic (exact) mass is 399 g/mol. The van der Waals surface area contributed by atoms with Gasteiger partial charge in [0.05, 0.1) is 0 Å². The fraction of sp³-hybridized carbons (Fsp3) is 0.231. The molecular weight excluding hydrogens is 374 g/mol. The molecule has 4 nitrogen and oxygen atoms in total. The highest BCUT2D eigenvalue weighted by atomic mass is 16.5. The zero-order valence-electron chi connectivity index (χ0n) is 16.9. The lowest BCUT2D eigenvalue weighted by Gasteiger charge is -2.31. The standard InChI is InChI=1S/C26H25NO3/c28-25(21-7-3-1-4-8-21)22-15-17-27(18-16-22)26(29)23-13-11-20(12-14-23)19-30-24-9-5-2-6-10-24/h1-14,22H,15-19H2. The fourth-order valence-corrected chi connectivity index (χ4v) is 3.79. The van der Waals surface area contributed by atoms with Crippen LogP contribution < -0.4 is 4.74 Å². The maximum absolute atomic E-state index is 12.8. The molecule has 0 aromatic heterocycles. The van der Waals surface area contributed by atoms with Crippen LogP contribution in [0.25, 0.3) is 0 Å². The molecule has 1 aliphatic heterocycles. The minimum atomic E-state index is -0.00559. The van der Waals surface area contributed by atoms with Crippen LogP contribution in [-0.2, 0) is 6.61 Å². The van der Waals surface area contributed by atoms with E-state index in [0.29, 0.717) is 38.1 Å². The molecule has 30 heavy (non-hydrogen) atoms. The van der Waals surface area contributed by atoms with Gasteiger partial charge in [0.15, 0.2) is 5.78 Å².